The topological polar surface area (TPSA) is 105 Å². The molecule has 2 aromatic carbocycles. The molecule has 0 bridgehead atoms. The molecule has 2 aromatic rings. The molecule has 0 atom stereocenters. The third kappa shape index (κ3) is 4.59. The second kappa shape index (κ2) is 8.52. The average molecular weight is 408 g/mol. The Morgan fingerprint density at radius 3 is 2.33 bits per heavy atom. The van der Waals surface area contributed by atoms with Crippen molar-refractivity contribution in [2.24, 2.45) is 5.92 Å². The molecule has 8 heteroatoms. The molecule has 1 saturated carbocycles. The van der Waals surface area contributed by atoms with E-state index in [1.165, 1.54) is 6.07 Å². The van der Waals surface area contributed by atoms with Gasteiger partial charge in [0.05, 0.1) is 4.92 Å². The summed E-state index contributed by atoms with van der Waals surface area (Å²) in [7, 11) is 0. The highest BCUT2D eigenvalue weighted by atomic mass is 16.6. The number of nitro benzene ring substituents is 1. The number of nitrogens with one attached hydrogen (secondary N) is 2. The highest BCUT2D eigenvalue weighted by molar-refractivity contribution is 5.96. The van der Waals surface area contributed by atoms with Crippen molar-refractivity contribution in [1.29, 1.82) is 0 Å². The molecule has 0 radical (unpaired) electrons. The van der Waals surface area contributed by atoms with Gasteiger partial charge in [0.2, 0.25) is 5.91 Å². The van der Waals surface area contributed by atoms with Crippen LogP contribution in [-0.2, 0) is 4.79 Å². The molecule has 0 unspecified atom stereocenters. The van der Waals surface area contributed by atoms with Crippen molar-refractivity contribution in [1.82, 2.24) is 4.90 Å². The first-order valence-corrected chi connectivity index (χ1v) is 10.2. The summed E-state index contributed by atoms with van der Waals surface area (Å²) in [4.78, 5) is 38.0. The van der Waals surface area contributed by atoms with Gasteiger partial charge in [-0.05, 0) is 49.9 Å². The molecule has 1 heterocycles. The summed E-state index contributed by atoms with van der Waals surface area (Å²) in [5.41, 5.74) is 1.43. The minimum absolute atomic E-state index is 0.0422. The number of hydrogen-bond donors (Lipinski definition) is 2. The Labute approximate surface area is 174 Å². The predicted octanol–water partition coefficient (Wildman–Crippen LogP) is 3.66. The molecule has 1 aliphatic carbocycles. The van der Waals surface area contributed by atoms with Gasteiger partial charge in [0.1, 0.15) is 5.69 Å². The number of likely N-dealkylation sites (tertiary alicyclic amines) is 1. The van der Waals surface area contributed by atoms with Gasteiger partial charge >= 0.3 is 0 Å². The molecule has 2 amide bonds. The predicted molar refractivity (Wildman–Crippen MR) is 113 cm³/mol. The molecule has 8 nitrogen and oxygen atoms in total. The number of piperidine rings is 1. The van der Waals surface area contributed by atoms with Crippen molar-refractivity contribution in [3.63, 3.8) is 0 Å². The Morgan fingerprint density at radius 1 is 1.00 bits per heavy atom. The van der Waals surface area contributed by atoms with Gasteiger partial charge in [-0.2, -0.15) is 0 Å². The van der Waals surface area contributed by atoms with Crippen LogP contribution in [0.25, 0.3) is 0 Å². The molecule has 0 spiro atoms. The lowest BCUT2D eigenvalue weighted by atomic mass is 9.95. The van der Waals surface area contributed by atoms with Crippen LogP contribution in [-0.4, -0.2) is 40.8 Å². The highest BCUT2D eigenvalue weighted by Crippen LogP contribution is 2.32. The second-order valence-electron chi connectivity index (χ2n) is 7.83. The number of nitrogens with zero attached hydrogens (tertiary/aromatic N) is 2. The maximum Gasteiger partial charge on any atom is 0.293 e. The van der Waals surface area contributed by atoms with E-state index in [1.54, 1.807) is 17.0 Å². The van der Waals surface area contributed by atoms with Crippen LogP contribution in [0.4, 0.5) is 17.1 Å². The van der Waals surface area contributed by atoms with Gasteiger partial charge in [-0.15, -0.1) is 0 Å². The zero-order chi connectivity index (χ0) is 21.1. The molecule has 1 aliphatic heterocycles. The molecular formula is C22H24N4O4. The van der Waals surface area contributed by atoms with E-state index in [9.17, 15) is 19.7 Å². The number of para-hydroxylation sites is 1. The number of benzene rings is 2. The maximum atomic E-state index is 12.9. The smallest absolute Gasteiger partial charge is 0.293 e. The minimum atomic E-state index is -0.457. The van der Waals surface area contributed by atoms with Crippen LogP contribution in [0, 0.1) is 16.0 Å². The van der Waals surface area contributed by atoms with Crippen molar-refractivity contribution in [3.05, 3.63) is 64.2 Å². The summed E-state index contributed by atoms with van der Waals surface area (Å²) in [6.45, 7) is 0.892. The quantitative estimate of drug-likeness (QED) is 0.561. The fraction of sp³-hybridized carbons (Fsp3) is 0.364. The van der Waals surface area contributed by atoms with E-state index in [1.807, 2.05) is 30.3 Å². The van der Waals surface area contributed by atoms with Gasteiger partial charge in [0.15, 0.2) is 0 Å². The van der Waals surface area contributed by atoms with Crippen LogP contribution >= 0.6 is 0 Å². The van der Waals surface area contributed by atoms with E-state index < -0.39 is 4.92 Å². The standard InChI is InChI=1S/C22H24N4O4/c27-21(24-17-4-2-1-3-5-17)15-10-12-25(13-11-15)22(28)16-6-9-19(23-18-7-8-18)20(14-16)26(29)30/h1-6,9,14-15,18,23H,7-8,10-13H2,(H,24,27). The van der Waals surface area contributed by atoms with Crippen LogP contribution in [0.2, 0.25) is 0 Å². The van der Waals surface area contributed by atoms with Crippen LogP contribution in [0.5, 0.6) is 0 Å². The molecule has 0 aromatic heterocycles. The number of anilines is 2. The van der Waals surface area contributed by atoms with E-state index in [0.717, 1.165) is 18.5 Å². The third-order valence-electron chi connectivity index (χ3n) is 5.57. The summed E-state index contributed by atoms with van der Waals surface area (Å²) in [6, 6.07) is 14.2. The van der Waals surface area contributed by atoms with Gasteiger partial charge < -0.3 is 15.5 Å². The first-order valence-electron chi connectivity index (χ1n) is 10.2. The Bertz CT molecular complexity index is 951. The van der Waals surface area contributed by atoms with Crippen LogP contribution < -0.4 is 10.6 Å². The molecule has 2 N–H and O–H groups in total. The van der Waals surface area contributed by atoms with Crippen LogP contribution in [0.1, 0.15) is 36.0 Å². The van der Waals surface area contributed by atoms with E-state index in [0.29, 0.717) is 37.2 Å². The van der Waals surface area contributed by atoms with Gasteiger partial charge in [-0.1, -0.05) is 18.2 Å². The van der Waals surface area contributed by atoms with Crippen LogP contribution in [0.15, 0.2) is 48.5 Å². The SMILES string of the molecule is O=C(Nc1ccccc1)C1CCN(C(=O)c2ccc(NC3CC3)c([N+](=O)[O-])c2)CC1. The monoisotopic (exact) mass is 408 g/mol. The first-order chi connectivity index (χ1) is 14.5. The van der Waals surface area contributed by atoms with Crippen molar-refractivity contribution < 1.29 is 14.5 Å². The van der Waals surface area contributed by atoms with E-state index in [-0.39, 0.29) is 29.5 Å². The highest BCUT2D eigenvalue weighted by Gasteiger charge is 2.30. The number of rotatable bonds is 6. The van der Waals surface area contributed by atoms with Gasteiger partial charge in [0, 0.05) is 42.4 Å². The lowest BCUT2D eigenvalue weighted by Crippen LogP contribution is -2.41. The lowest BCUT2D eigenvalue weighted by Gasteiger charge is -2.31. The number of amides is 2. The number of carbonyl (C=O) groups is 2. The molecule has 4 rings (SSSR count). The third-order valence-corrected chi connectivity index (χ3v) is 5.57. The van der Waals surface area contributed by atoms with E-state index in [4.69, 9.17) is 0 Å². The van der Waals surface area contributed by atoms with E-state index in [2.05, 4.69) is 10.6 Å². The second-order valence-corrected chi connectivity index (χ2v) is 7.83. The number of carbonyl (C=O) groups excluding carboxylic acids is 2. The maximum absolute atomic E-state index is 12.9. The normalized spacial score (nSPS) is 16.7. The van der Waals surface area contributed by atoms with Gasteiger partial charge in [-0.25, -0.2) is 0 Å². The number of hydrogen-bond acceptors (Lipinski definition) is 5. The molecule has 156 valence electrons. The summed E-state index contributed by atoms with van der Waals surface area (Å²) in [5, 5.41) is 17.5. The zero-order valence-corrected chi connectivity index (χ0v) is 16.5. The lowest BCUT2D eigenvalue weighted by molar-refractivity contribution is -0.384. The summed E-state index contributed by atoms with van der Waals surface area (Å²) in [5.74, 6) is -0.439. The summed E-state index contributed by atoms with van der Waals surface area (Å²) in [6.07, 6.45) is 3.14. The van der Waals surface area contributed by atoms with E-state index >= 15 is 0 Å². The van der Waals surface area contributed by atoms with Gasteiger partial charge in [0.25, 0.3) is 11.6 Å². The Hall–Kier alpha value is -3.42. The average Bonchev–Trinajstić information content (AvgIpc) is 3.58. The molecule has 1 saturated heterocycles. The molecule has 30 heavy (non-hydrogen) atoms. The zero-order valence-electron chi connectivity index (χ0n) is 16.5. The summed E-state index contributed by atoms with van der Waals surface area (Å²) < 4.78 is 0. The summed E-state index contributed by atoms with van der Waals surface area (Å²) >= 11 is 0. The van der Waals surface area contributed by atoms with Crippen molar-refractivity contribution >= 4 is 28.9 Å². The fourth-order valence-electron chi connectivity index (χ4n) is 3.68. The molecule has 2 fully saturated rings. The fourth-order valence-corrected chi connectivity index (χ4v) is 3.68. The first kappa shape index (κ1) is 19.9. The minimum Gasteiger partial charge on any atom is -0.377 e. The molecular weight excluding hydrogens is 384 g/mol. The van der Waals surface area contributed by atoms with Crippen molar-refractivity contribution in [2.75, 3.05) is 23.7 Å². The van der Waals surface area contributed by atoms with Gasteiger partial charge in [-0.3, -0.25) is 19.7 Å². The Morgan fingerprint density at radius 2 is 1.70 bits per heavy atom. The van der Waals surface area contributed by atoms with Crippen molar-refractivity contribution in [2.45, 2.75) is 31.7 Å². The Kier molecular flexibility index (Phi) is 5.65. The molecule has 2 aliphatic rings. The van der Waals surface area contributed by atoms with Crippen molar-refractivity contribution in [3.8, 4) is 0 Å². The largest absolute Gasteiger partial charge is 0.377 e. The number of nitro groups is 1. The van der Waals surface area contributed by atoms with Crippen LogP contribution in [0.3, 0.4) is 0 Å². The Balaban J connectivity index is 1.37.